The standard InChI is InChI=1S/C22H25F2N5OS.ClH/c1-14-19(30-13-25-14)20-26-27-21(28(20)2)31-9-3-7-29-8-6-22(12-29)11-17(22)16-5-4-15(23)10-18(16)24;/h4-5,10,13,17H,3,6-9,11-12H2,1-2H3;1H. The van der Waals surface area contributed by atoms with Crippen LogP contribution in [0.25, 0.3) is 11.6 Å². The maximum atomic E-state index is 14.2. The van der Waals surface area contributed by atoms with Gasteiger partial charge in [-0.25, -0.2) is 13.8 Å². The van der Waals surface area contributed by atoms with Gasteiger partial charge in [-0.3, -0.25) is 0 Å². The number of aromatic nitrogens is 4. The Bertz CT molecular complexity index is 1110. The fourth-order valence-electron chi connectivity index (χ4n) is 4.80. The summed E-state index contributed by atoms with van der Waals surface area (Å²) in [6.07, 6.45) is 4.55. The second-order valence-corrected chi connectivity index (χ2v) is 9.71. The van der Waals surface area contributed by atoms with Crippen LogP contribution in [0.4, 0.5) is 8.78 Å². The lowest BCUT2D eigenvalue weighted by atomic mass is 9.98. The maximum Gasteiger partial charge on any atom is 0.202 e. The Kier molecular flexibility index (Phi) is 6.61. The third kappa shape index (κ3) is 4.30. The van der Waals surface area contributed by atoms with Crippen LogP contribution < -0.4 is 0 Å². The summed E-state index contributed by atoms with van der Waals surface area (Å²) in [5.41, 5.74) is 1.66. The Labute approximate surface area is 196 Å². The van der Waals surface area contributed by atoms with Crippen molar-refractivity contribution in [3.05, 3.63) is 47.5 Å². The molecule has 3 aromatic rings. The van der Waals surface area contributed by atoms with Gasteiger partial charge in [0, 0.05) is 25.4 Å². The van der Waals surface area contributed by atoms with E-state index < -0.39 is 11.6 Å². The van der Waals surface area contributed by atoms with Gasteiger partial charge in [-0.15, -0.1) is 22.6 Å². The molecule has 0 bridgehead atoms. The van der Waals surface area contributed by atoms with Gasteiger partial charge in [0.25, 0.3) is 0 Å². The first kappa shape index (κ1) is 23.2. The van der Waals surface area contributed by atoms with Crippen LogP contribution in [0.5, 0.6) is 0 Å². The molecule has 10 heteroatoms. The topological polar surface area (TPSA) is 60.0 Å². The molecule has 0 N–H and O–H groups in total. The van der Waals surface area contributed by atoms with Gasteiger partial charge in [0.05, 0.1) is 5.69 Å². The van der Waals surface area contributed by atoms with Gasteiger partial charge < -0.3 is 13.9 Å². The maximum absolute atomic E-state index is 14.2. The molecule has 1 aliphatic carbocycles. The van der Waals surface area contributed by atoms with Gasteiger partial charge in [0.15, 0.2) is 17.3 Å². The Morgan fingerprint density at radius 3 is 2.88 bits per heavy atom. The molecule has 1 aliphatic heterocycles. The summed E-state index contributed by atoms with van der Waals surface area (Å²) >= 11 is 1.69. The zero-order chi connectivity index (χ0) is 21.6. The van der Waals surface area contributed by atoms with E-state index in [1.165, 1.54) is 12.5 Å². The minimum absolute atomic E-state index is 0. The van der Waals surface area contributed by atoms with Crippen molar-refractivity contribution in [3.63, 3.8) is 0 Å². The largest absolute Gasteiger partial charge is 0.440 e. The Morgan fingerprint density at radius 1 is 1.28 bits per heavy atom. The van der Waals surface area contributed by atoms with Crippen molar-refractivity contribution >= 4 is 24.2 Å². The predicted octanol–water partition coefficient (Wildman–Crippen LogP) is 4.84. The molecule has 2 atom stereocenters. The molecule has 32 heavy (non-hydrogen) atoms. The number of thioether (sulfide) groups is 1. The Morgan fingerprint density at radius 2 is 2.12 bits per heavy atom. The van der Waals surface area contributed by atoms with Gasteiger partial charge >= 0.3 is 0 Å². The molecule has 2 aliphatic rings. The minimum atomic E-state index is -0.507. The molecule has 6 nitrogen and oxygen atoms in total. The highest BCUT2D eigenvalue weighted by Gasteiger charge is 2.58. The van der Waals surface area contributed by atoms with Crippen molar-refractivity contribution in [2.45, 2.75) is 37.3 Å². The summed E-state index contributed by atoms with van der Waals surface area (Å²) in [6.45, 7) is 4.94. The van der Waals surface area contributed by atoms with Gasteiger partial charge in [0.1, 0.15) is 11.6 Å². The fourth-order valence-corrected chi connectivity index (χ4v) is 5.64. The van der Waals surface area contributed by atoms with E-state index in [-0.39, 0.29) is 23.7 Å². The van der Waals surface area contributed by atoms with E-state index in [0.29, 0.717) is 17.1 Å². The van der Waals surface area contributed by atoms with E-state index >= 15 is 0 Å². The van der Waals surface area contributed by atoms with Crippen molar-refractivity contribution in [2.75, 3.05) is 25.4 Å². The minimum Gasteiger partial charge on any atom is -0.440 e. The van der Waals surface area contributed by atoms with Gasteiger partial charge in [-0.1, -0.05) is 17.8 Å². The first-order valence-electron chi connectivity index (χ1n) is 10.6. The number of hydrogen-bond acceptors (Lipinski definition) is 6. The van der Waals surface area contributed by atoms with E-state index in [2.05, 4.69) is 20.1 Å². The number of nitrogens with zero attached hydrogens (tertiary/aromatic N) is 5. The zero-order valence-corrected chi connectivity index (χ0v) is 19.7. The third-order valence-electron chi connectivity index (χ3n) is 6.63. The third-order valence-corrected chi connectivity index (χ3v) is 7.73. The molecule has 2 aromatic heterocycles. The van der Waals surface area contributed by atoms with Crippen LogP contribution in [0, 0.1) is 24.0 Å². The lowest BCUT2D eigenvalue weighted by Gasteiger charge is -2.16. The van der Waals surface area contributed by atoms with Crippen molar-refractivity contribution in [1.82, 2.24) is 24.6 Å². The van der Waals surface area contributed by atoms with E-state index in [0.717, 1.165) is 61.6 Å². The number of halogens is 3. The van der Waals surface area contributed by atoms with Crippen molar-refractivity contribution in [3.8, 4) is 11.6 Å². The molecule has 2 fully saturated rings. The summed E-state index contributed by atoms with van der Waals surface area (Å²) in [7, 11) is 1.94. The van der Waals surface area contributed by atoms with Gasteiger partial charge in [-0.05, 0) is 62.2 Å². The molecule has 1 saturated heterocycles. The predicted molar refractivity (Wildman–Crippen MR) is 121 cm³/mol. The fraction of sp³-hybridized carbons (Fsp3) is 0.500. The van der Waals surface area contributed by atoms with Gasteiger partial charge in [0.2, 0.25) is 5.82 Å². The molecule has 1 aromatic carbocycles. The molecule has 2 unspecified atom stereocenters. The Balaban J connectivity index is 0.00000245. The second kappa shape index (κ2) is 9.11. The van der Waals surface area contributed by atoms with Crippen LogP contribution in [-0.2, 0) is 7.05 Å². The first-order chi connectivity index (χ1) is 15.0. The van der Waals surface area contributed by atoms with E-state index in [4.69, 9.17) is 4.42 Å². The van der Waals surface area contributed by atoms with E-state index in [1.54, 1.807) is 17.8 Å². The number of aryl methyl sites for hydroxylation is 1. The van der Waals surface area contributed by atoms with Crippen molar-refractivity contribution in [1.29, 1.82) is 0 Å². The number of likely N-dealkylation sites (tertiary alicyclic amines) is 1. The van der Waals surface area contributed by atoms with E-state index in [1.807, 2.05) is 18.5 Å². The molecule has 1 spiro atoms. The van der Waals surface area contributed by atoms with Crippen LogP contribution >= 0.6 is 24.2 Å². The monoisotopic (exact) mass is 481 g/mol. The van der Waals surface area contributed by atoms with Crippen LogP contribution in [0.15, 0.2) is 34.2 Å². The molecule has 0 amide bonds. The SMILES string of the molecule is Cc1ncoc1-c1nnc(SCCCN2CCC3(CC3c3ccc(F)cc3F)C2)n1C.Cl. The van der Waals surface area contributed by atoms with Crippen molar-refractivity contribution in [2.24, 2.45) is 12.5 Å². The quantitative estimate of drug-likeness (QED) is 0.355. The van der Waals surface area contributed by atoms with Crippen LogP contribution in [-0.4, -0.2) is 50.0 Å². The average Bonchev–Trinajstić information content (AvgIpc) is 3.04. The summed E-state index contributed by atoms with van der Waals surface area (Å²) < 4.78 is 34.7. The molecule has 3 heterocycles. The smallest absolute Gasteiger partial charge is 0.202 e. The molecular weight excluding hydrogens is 456 g/mol. The number of hydrogen-bond donors (Lipinski definition) is 0. The van der Waals surface area contributed by atoms with E-state index in [9.17, 15) is 8.78 Å². The lowest BCUT2D eigenvalue weighted by Crippen LogP contribution is -2.23. The Hall–Kier alpha value is -1.97. The highest BCUT2D eigenvalue weighted by atomic mass is 35.5. The summed E-state index contributed by atoms with van der Waals surface area (Å²) in [5.74, 6) is 1.60. The normalized spacial score (nSPS) is 22.4. The molecule has 0 radical (unpaired) electrons. The van der Waals surface area contributed by atoms with Crippen LogP contribution in [0.3, 0.4) is 0 Å². The van der Waals surface area contributed by atoms with Gasteiger partial charge in [-0.2, -0.15) is 0 Å². The lowest BCUT2D eigenvalue weighted by molar-refractivity contribution is 0.319. The summed E-state index contributed by atoms with van der Waals surface area (Å²) in [4.78, 5) is 6.59. The number of oxazole rings is 1. The molecule has 1 saturated carbocycles. The van der Waals surface area contributed by atoms with Crippen molar-refractivity contribution < 1.29 is 13.2 Å². The number of rotatable bonds is 7. The highest BCUT2D eigenvalue weighted by Crippen LogP contribution is 2.64. The average molecular weight is 482 g/mol. The highest BCUT2D eigenvalue weighted by molar-refractivity contribution is 7.99. The molecule has 172 valence electrons. The second-order valence-electron chi connectivity index (χ2n) is 8.65. The molecular formula is C22H26ClF2N5OS. The van der Waals surface area contributed by atoms with Crippen LogP contribution in [0.1, 0.15) is 36.4 Å². The summed E-state index contributed by atoms with van der Waals surface area (Å²) in [5, 5.41) is 9.39. The zero-order valence-electron chi connectivity index (χ0n) is 18.1. The molecule has 5 rings (SSSR count). The number of benzene rings is 1. The first-order valence-corrected chi connectivity index (χ1v) is 11.6. The van der Waals surface area contributed by atoms with Crippen LogP contribution in [0.2, 0.25) is 0 Å². The summed E-state index contributed by atoms with van der Waals surface area (Å²) in [6, 6.07) is 4.00.